The molecule has 0 unspecified atom stereocenters. The molecule has 0 fully saturated rings. The highest BCUT2D eigenvalue weighted by atomic mass is 16.5. The monoisotopic (exact) mass is 486 g/mol. The minimum absolute atomic E-state index is 0.161. The largest absolute Gasteiger partial charge is 0.484 e. The number of hydrazone groups is 1. The van der Waals surface area contributed by atoms with Crippen molar-refractivity contribution in [2.75, 3.05) is 11.9 Å². The van der Waals surface area contributed by atoms with Crippen LogP contribution in [0.2, 0.25) is 0 Å². The molecule has 3 amide bonds. The molecule has 0 heterocycles. The second-order valence-corrected chi connectivity index (χ2v) is 8.56. The maximum absolute atomic E-state index is 12.1. The van der Waals surface area contributed by atoms with Gasteiger partial charge in [-0.2, -0.15) is 5.10 Å². The second-order valence-electron chi connectivity index (χ2n) is 8.56. The van der Waals surface area contributed by atoms with Crippen LogP contribution in [-0.2, 0) is 20.9 Å². The number of hydrogen-bond donors (Lipinski definition) is 3. The van der Waals surface area contributed by atoms with Gasteiger partial charge in [-0.05, 0) is 59.4 Å². The predicted molar refractivity (Wildman–Crippen MR) is 140 cm³/mol. The lowest BCUT2D eigenvalue weighted by Gasteiger charge is -2.08. The quantitative estimate of drug-likeness (QED) is 0.242. The van der Waals surface area contributed by atoms with Crippen molar-refractivity contribution >= 4 is 29.6 Å². The van der Waals surface area contributed by atoms with Crippen LogP contribution in [-0.4, -0.2) is 30.5 Å². The van der Waals surface area contributed by atoms with Crippen molar-refractivity contribution in [3.63, 3.8) is 0 Å². The van der Waals surface area contributed by atoms with Crippen molar-refractivity contribution in [3.05, 3.63) is 95.1 Å². The molecule has 8 nitrogen and oxygen atoms in total. The van der Waals surface area contributed by atoms with Crippen LogP contribution in [0.1, 0.15) is 42.0 Å². The van der Waals surface area contributed by atoms with E-state index in [-0.39, 0.29) is 19.1 Å². The lowest BCUT2D eigenvalue weighted by Crippen LogP contribution is -2.37. The molecule has 3 aromatic carbocycles. The second kappa shape index (κ2) is 12.9. The molecule has 0 aliphatic rings. The number of anilines is 1. The van der Waals surface area contributed by atoms with Gasteiger partial charge in [0, 0.05) is 12.2 Å². The number of carbonyl (C=O) groups excluding carboxylic acids is 3. The number of amides is 3. The zero-order chi connectivity index (χ0) is 25.9. The van der Waals surface area contributed by atoms with E-state index in [0.29, 0.717) is 22.9 Å². The van der Waals surface area contributed by atoms with Crippen molar-refractivity contribution in [1.82, 2.24) is 10.7 Å². The van der Waals surface area contributed by atoms with Crippen molar-refractivity contribution < 1.29 is 19.1 Å². The summed E-state index contributed by atoms with van der Waals surface area (Å²) in [6, 6.07) is 22.2. The topological polar surface area (TPSA) is 109 Å². The Hall–Kier alpha value is -4.46. The first-order valence-corrected chi connectivity index (χ1v) is 11.6. The average Bonchev–Trinajstić information content (AvgIpc) is 2.86. The van der Waals surface area contributed by atoms with Gasteiger partial charge >= 0.3 is 11.8 Å². The molecule has 0 radical (unpaired) electrons. The lowest BCUT2D eigenvalue weighted by atomic mass is 10.0. The highest BCUT2D eigenvalue weighted by Gasteiger charge is 2.12. The molecular weight excluding hydrogens is 456 g/mol. The Labute approximate surface area is 210 Å². The molecule has 186 valence electrons. The van der Waals surface area contributed by atoms with Gasteiger partial charge in [-0.3, -0.25) is 14.4 Å². The molecule has 0 aliphatic carbocycles. The van der Waals surface area contributed by atoms with Gasteiger partial charge < -0.3 is 15.4 Å². The van der Waals surface area contributed by atoms with Crippen LogP contribution in [0, 0.1) is 6.92 Å². The van der Waals surface area contributed by atoms with Crippen molar-refractivity contribution in [2.24, 2.45) is 5.10 Å². The molecule has 0 aromatic heterocycles. The Morgan fingerprint density at radius 3 is 2.42 bits per heavy atom. The highest BCUT2D eigenvalue weighted by molar-refractivity contribution is 6.35. The highest BCUT2D eigenvalue weighted by Crippen LogP contribution is 2.15. The maximum atomic E-state index is 12.1. The molecule has 3 rings (SSSR count). The Bertz CT molecular complexity index is 1240. The van der Waals surface area contributed by atoms with Gasteiger partial charge in [-0.15, -0.1) is 0 Å². The van der Waals surface area contributed by atoms with Crippen LogP contribution in [0.3, 0.4) is 0 Å². The lowest BCUT2D eigenvalue weighted by molar-refractivity contribution is -0.139. The van der Waals surface area contributed by atoms with Gasteiger partial charge in [0.25, 0.3) is 5.91 Å². The molecule has 0 spiro atoms. The average molecular weight is 487 g/mol. The van der Waals surface area contributed by atoms with E-state index in [1.165, 1.54) is 11.8 Å². The number of nitrogens with zero attached hydrogens (tertiary/aromatic N) is 1. The molecule has 0 saturated heterocycles. The predicted octanol–water partition coefficient (Wildman–Crippen LogP) is 3.90. The summed E-state index contributed by atoms with van der Waals surface area (Å²) in [5.41, 5.74) is 6.68. The fraction of sp³-hybridized carbons (Fsp3) is 0.214. The van der Waals surface area contributed by atoms with Crippen molar-refractivity contribution in [3.8, 4) is 5.75 Å². The SMILES string of the molecule is Cc1cccc(NC(=O)COc2cccc(/C=N\NC(=O)C(=O)NCc3ccc(C(C)C)cc3)c2)c1. The molecule has 0 bridgehead atoms. The van der Waals surface area contributed by atoms with E-state index >= 15 is 0 Å². The summed E-state index contributed by atoms with van der Waals surface area (Å²) in [5.74, 6) is -1.05. The molecule has 3 N–H and O–H groups in total. The molecule has 8 heteroatoms. The Kier molecular flexibility index (Phi) is 9.33. The molecule has 0 atom stereocenters. The Morgan fingerprint density at radius 2 is 1.69 bits per heavy atom. The van der Waals surface area contributed by atoms with Gasteiger partial charge in [0.15, 0.2) is 6.61 Å². The van der Waals surface area contributed by atoms with E-state index in [4.69, 9.17) is 4.74 Å². The minimum atomic E-state index is -0.870. The smallest absolute Gasteiger partial charge is 0.329 e. The van der Waals surface area contributed by atoms with Crippen LogP contribution in [0.15, 0.2) is 77.9 Å². The number of aryl methyl sites for hydroxylation is 1. The summed E-state index contributed by atoms with van der Waals surface area (Å²) in [5, 5.41) is 9.18. The van der Waals surface area contributed by atoms with Crippen molar-refractivity contribution in [1.29, 1.82) is 0 Å². The van der Waals surface area contributed by atoms with E-state index in [9.17, 15) is 14.4 Å². The summed E-state index contributed by atoms with van der Waals surface area (Å²) in [6.45, 7) is 6.24. The van der Waals surface area contributed by atoms with Gasteiger partial charge in [0.05, 0.1) is 6.21 Å². The molecule has 0 saturated carbocycles. The first-order chi connectivity index (χ1) is 17.3. The van der Waals surface area contributed by atoms with Crippen LogP contribution in [0.5, 0.6) is 5.75 Å². The number of rotatable bonds is 9. The van der Waals surface area contributed by atoms with E-state index < -0.39 is 11.8 Å². The van der Waals surface area contributed by atoms with Gasteiger partial charge in [0.2, 0.25) is 0 Å². The minimum Gasteiger partial charge on any atom is -0.484 e. The third-order valence-electron chi connectivity index (χ3n) is 5.22. The summed E-state index contributed by atoms with van der Waals surface area (Å²) in [4.78, 5) is 36.2. The van der Waals surface area contributed by atoms with E-state index in [1.54, 1.807) is 30.3 Å². The van der Waals surface area contributed by atoms with Crippen LogP contribution in [0.4, 0.5) is 5.69 Å². The first kappa shape index (κ1) is 26.2. The molecule has 36 heavy (non-hydrogen) atoms. The number of ether oxygens (including phenoxy) is 1. The summed E-state index contributed by atoms with van der Waals surface area (Å²) in [6.07, 6.45) is 1.38. The van der Waals surface area contributed by atoms with E-state index in [1.807, 2.05) is 49.4 Å². The molecule has 3 aromatic rings. The molecule has 0 aliphatic heterocycles. The Morgan fingerprint density at radius 1 is 0.944 bits per heavy atom. The summed E-state index contributed by atoms with van der Waals surface area (Å²) >= 11 is 0. The van der Waals surface area contributed by atoms with Gasteiger partial charge in [-0.1, -0.05) is 62.4 Å². The third-order valence-corrected chi connectivity index (χ3v) is 5.22. The summed E-state index contributed by atoms with van der Waals surface area (Å²) in [7, 11) is 0. The fourth-order valence-corrected chi connectivity index (χ4v) is 3.25. The number of nitrogens with one attached hydrogen (secondary N) is 3. The standard InChI is InChI=1S/C28H30N4O4/c1-19(2)23-12-10-21(11-13-23)16-29-27(34)28(35)32-30-17-22-7-5-9-25(15-22)36-18-26(33)31-24-8-4-6-20(3)14-24/h4-15,17,19H,16,18H2,1-3H3,(H,29,34)(H,31,33)(H,32,35)/b30-17-. The van der Waals surface area contributed by atoms with Crippen molar-refractivity contribution in [2.45, 2.75) is 33.2 Å². The number of benzene rings is 3. The fourth-order valence-electron chi connectivity index (χ4n) is 3.25. The van der Waals surface area contributed by atoms with E-state index in [2.05, 4.69) is 35.0 Å². The Balaban J connectivity index is 1.43. The van der Waals surface area contributed by atoms with Crippen LogP contribution < -0.4 is 20.8 Å². The van der Waals surface area contributed by atoms with E-state index in [0.717, 1.165) is 11.1 Å². The number of carbonyl (C=O) groups is 3. The number of hydrogen-bond acceptors (Lipinski definition) is 5. The zero-order valence-electron chi connectivity index (χ0n) is 20.6. The molecular formula is C28H30N4O4. The van der Waals surface area contributed by atoms with Gasteiger partial charge in [0.1, 0.15) is 5.75 Å². The van der Waals surface area contributed by atoms with Crippen LogP contribution >= 0.6 is 0 Å². The third kappa shape index (κ3) is 8.39. The zero-order valence-corrected chi connectivity index (χ0v) is 20.6. The summed E-state index contributed by atoms with van der Waals surface area (Å²) < 4.78 is 5.55. The normalized spacial score (nSPS) is 10.8. The van der Waals surface area contributed by atoms with Gasteiger partial charge in [-0.25, -0.2) is 5.43 Å². The first-order valence-electron chi connectivity index (χ1n) is 11.6. The maximum Gasteiger partial charge on any atom is 0.329 e. The van der Waals surface area contributed by atoms with Crippen LogP contribution in [0.25, 0.3) is 0 Å².